The molecule has 3 rings (SSSR count). The van der Waals surface area contributed by atoms with Crippen molar-refractivity contribution in [2.45, 2.75) is 31.8 Å². The fraction of sp³-hybridized carbons (Fsp3) is 0.292. The molecule has 3 aromatic rings. The van der Waals surface area contributed by atoms with Crippen LogP contribution in [0.2, 0.25) is 0 Å². The lowest BCUT2D eigenvalue weighted by Crippen LogP contribution is -2.33. The third-order valence-corrected chi connectivity index (χ3v) is 6.13. The minimum atomic E-state index is -4.12. The maximum absolute atomic E-state index is 12.8. The summed E-state index contributed by atoms with van der Waals surface area (Å²) in [5.74, 6) is 1.18. The van der Waals surface area contributed by atoms with E-state index in [1.807, 2.05) is 13.8 Å². The van der Waals surface area contributed by atoms with E-state index < -0.39 is 10.1 Å². The molecule has 0 saturated carbocycles. The molecule has 0 unspecified atom stereocenters. The van der Waals surface area contributed by atoms with Crippen LogP contribution in [-0.4, -0.2) is 33.4 Å². The molecule has 9 heteroatoms. The Morgan fingerprint density at radius 1 is 0.970 bits per heavy atom. The second-order valence-corrected chi connectivity index (χ2v) is 9.17. The molecule has 0 atom stereocenters. The lowest BCUT2D eigenvalue weighted by molar-refractivity contribution is -0.136. The zero-order valence-electron chi connectivity index (χ0n) is 19.0. The van der Waals surface area contributed by atoms with Crippen LogP contribution in [0.3, 0.4) is 0 Å². The third kappa shape index (κ3) is 6.07. The fourth-order valence-corrected chi connectivity index (χ4v) is 4.11. The number of hydrogen-bond acceptors (Lipinski definition) is 7. The average Bonchev–Trinajstić information content (AvgIpc) is 3.31. The van der Waals surface area contributed by atoms with Gasteiger partial charge in [0.05, 0.1) is 27.0 Å². The summed E-state index contributed by atoms with van der Waals surface area (Å²) in [5.41, 5.74) is 0.677. The largest absolute Gasteiger partial charge is 0.497 e. The van der Waals surface area contributed by atoms with Crippen molar-refractivity contribution in [1.82, 2.24) is 4.90 Å². The van der Waals surface area contributed by atoms with E-state index in [-0.39, 0.29) is 41.3 Å². The summed E-state index contributed by atoms with van der Waals surface area (Å²) in [4.78, 5) is 14.4. The molecule has 33 heavy (non-hydrogen) atoms. The molecule has 176 valence electrons. The van der Waals surface area contributed by atoms with Crippen molar-refractivity contribution in [2.75, 3.05) is 14.2 Å². The highest BCUT2D eigenvalue weighted by Crippen LogP contribution is 2.32. The first-order chi connectivity index (χ1) is 15.7. The van der Waals surface area contributed by atoms with Crippen LogP contribution in [0, 0.1) is 5.92 Å². The van der Waals surface area contributed by atoms with E-state index in [1.165, 1.54) is 38.5 Å². The Balaban J connectivity index is 1.87. The van der Waals surface area contributed by atoms with Crippen molar-refractivity contribution in [2.24, 2.45) is 5.92 Å². The Labute approximate surface area is 193 Å². The van der Waals surface area contributed by atoms with Crippen molar-refractivity contribution >= 4 is 16.0 Å². The number of nitrogens with zero attached hydrogens (tertiary/aromatic N) is 1. The molecule has 0 aliphatic carbocycles. The molecule has 1 amide bonds. The number of carbonyl (C=O) groups excluding carboxylic acids is 1. The minimum absolute atomic E-state index is 0.0230. The normalized spacial score (nSPS) is 11.3. The Bertz CT molecular complexity index is 1170. The zero-order chi connectivity index (χ0) is 24.0. The van der Waals surface area contributed by atoms with Gasteiger partial charge >= 0.3 is 10.1 Å². The summed E-state index contributed by atoms with van der Waals surface area (Å²) < 4.78 is 46.8. The number of furan rings is 1. The first-order valence-corrected chi connectivity index (χ1v) is 11.7. The predicted molar refractivity (Wildman–Crippen MR) is 122 cm³/mol. The van der Waals surface area contributed by atoms with Crippen molar-refractivity contribution in [3.8, 4) is 17.2 Å². The molecule has 0 fully saturated rings. The molecule has 0 saturated heterocycles. The van der Waals surface area contributed by atoms with E-state index in [9.17, 15) is 13.2 Å². The van der Waals surface area contributed by atoms with Crippen LogP contribution in [0.5, 0.6) is 17.2 Å². The monoisotopic (exact) mass is 473 g/mol. The summed E-state index contributed by atoms with van der Waals surface area (Å²) in [6.07, 6.45) is 1.55. The van der Waals surface area contributed by atoms with Gasteiger partial charge in [-0.3, -0.25) is 4.79 Å². The van der Waals surface area contributed by atoms with E-state index in [4.69, 9.17) is 18.1 Å². The quantitative estimate of drug-likeness (QED) is 0.406. The van der Waals surface area contributed by atoms with Gasteiger partial charge in [0.25, 0.3) is 0 Å². The predicted octanol–water partition coefficient (Wildman–Crippen LogP) is 4.25. The summed E-state index contributed by atoms with van der Waals surface area (Å²) in [6, 6.07) is 14.4. The first-order valence-electron chi connectivity index (χ1n) is 10.3. The molecule has 0 radical (unpaired) electrons. The van der Waals surface area contributed by atoms with Gasteiger partial charge in [0.15, 0.2) is 11.5 Å². The first kappa shape index (κ1) is 24.2. The maximum Gasteiger partial charge on any atom is 0.339 e. The molecule has 0 aliphatic rings. The zero-order valence-corrected chi connectivity index (χ0v) is 19.8. The van der Waals surface area contributed by atoms with Crippen LogP contribution in [0.4, 0.5) is 0 Å². The molecular formula is C24H27NO7S. The summed E-state index contributed by atoms with van der Waals surface area (Å²) in [7, 11) is -1.20. The van der Waals surface area contributed by atoms with Gasteiger partial charge in [-0.1, -0.05) is 19.9 Å². The lowest BCUT2D eigenvalue weighted by atomic mass is 10.1. The summed E-state index contributed by atoms with van der Waals surface area (Å²) >= 11 is 0. The van der Waals surface area contributed by atoms with Gasteiger partial charge in [0, 0.05) is 12.5 Å². The van der Waals surface area contributed by atoms with Gasteiger partial charge in [0.1, 0.15) is 16.4 Å². The molecule has 0 spiro atoms. The number of methoxy groups -OCH3 is 2. The van der Waals surface area contributed by atoms with Crippen molar-refractivity contribution in [1.29, 1.82) is 0 Å². The van der Waals surface area contributed by atoms with Gasteiger partial charge in [0.2, 0.25) is 5.91 Å². The minimum Gasteiger partial charge on any atom is -0.497 e. The molecule has 0 N–H and O–H groups in total. The van der Waals surface area contributed by atoms with Crippen LogP contribution in [0.1, 0.15) is 25.2 Å². The number of benzene rings is 2. The van der Waals surface area contributed by atoms with Gasteiger partial charge in [-0.2, -0.15) is 8.42 Å². The molecule has 0 bridgehead atoms. The van der Waals surface area contributed by atoms with Gasteiger partial charge in [-0.05, 0) is 54.1 Å². The second-order valence-electron chi connectivity index (χ2n) is 7.63. The van der Waals surface area contributed by atoms with Crippen LogP contribution >= 0.6 is 0 Å². The van der Waals surface area contributed by atoms with E-state index in [2.05, 4.69) is 0 Å². The molecule has 1 aromatic heterocycles. The molecule has 1 heterocycles. The van der Waals surface area contributed by atoms with Crippen molar-refractivity contribution in [3.05, 3.63) is 72.2 Å². The third-order valence-electron chi connectivity index (χ3n) is 4.88. The highest BCUT2D eigenvalue weighted by Gasteiger charge is 2.22. The Kier molecular flexibility index (Phi) is 7.65. The second kappa shape index (κ2) is 10.4. The Morgan fingerprint density at radius 2 is 1.70 bits per heavy atom. The Hall–Kier alpha value is -3.46. The fourth-order valence-electron chi connectivity index (χ4n) is 3.18. The molecule has 0 aliphatic heterocycles. The number of amides is 1. The number of ether oxygens (including phenoxy) is 2. The summed E-state index contributed by atoms with van der Waals surface area (Å²) in [5, 5.41) is 0. The van der Waals surface area contributed by atoms with E-state index in [0.717, 1.165) is 0 Å². The van der Waals surface area contributed by atoms with Crippen molar-refractivity contribution < 1.29 is 31.3 Å². The van der Waals surface area contributed by atoms with E-state index in [0.29, 0.717) is 17.1 Å². The maximum atomic E-state index is 12.8. The molecule has 8 nitrogen and oxygen atoms in total. The lowest BCUT2D eigenvalue weighted by Gasteiger charge is -2.24. The number of carbonyl (C=O) groups is 1. The highest BCUT2D eigenvalue weighted by molar-refractivity contribution is 7.87. The SMILES string of the molecule is COc1ccc(S(=O)(=O)Oc2cc(CN(Cc3ccco3)C(=O)C(C)C)ccc2OC)cc1. The standard InChI is InChI=1S/C24H27NO7S/c1-17(2)24(26)25(16-20-6-5-13-31-20)15-18-7-12-22(30-4)23(14-18)32-33(27,28)21-10-8-19(29-3)9-11-21/h5-14,17H,15-16H2,1-4H3. The van der Waals surface area contributed by atoms with Gasteiger partial charge in [-0.15, -0.1) is 0 Å². The Morgan fingerprint density at radius 3 is 2.27 bits per heavy atom. The topological polar surface area (TPSA) is 95.3 Å². The van der Waals surface area contributed by atoms with Crippen LogP contribution in [-0.2, 0) is 28.0 Å². The van der Waals surface area contributed by atoms with E-state index >= 15 is 0 Å². The summed E-state index contributed by atoms with van der Waals surface area (Å²) in [6.45, 7) is 4.17. The number of rotatable bonds is 10. The van der Waals surface area contributed by atoms with Gasteiger partial charge in [-0.25, -0.2) is 0 Å². The smallest absolute Gasteiger partial charge is 0.339 e. The van der Waals surface area contributed by atoms with Crippen LogP contribution < -0.4 is 13.7 Å². The molecule has 2 aromatic carbocycles. The molecular weight excluding hydrogens is 446 g/mol. The van der Waals surface area contributed by atoms with Crippen LogP contribution in [0.25, 0.3) is 0 Å². The number of hydrogen-bond donors (Lipinski definition) is 0. The average molecular weight is 474 g/mol. The van der Waals surface area contributed by atoms with Crippen LogP contribution in [0.15, 0.2) is 70.2 Å². The van der Waals surface area contributed by atoms with Crippen molar-refractivity contribution in [3.63, 3.8) is 0 Å². The highest BCUT2D eigenvalue weighted by atomic mass is 32.2. The van der Waals surface area contributed by atoms with E-state index in [1.54, 1.807) is 41.5 Å². The van der Waals surface area contributed by atoms with Gasteiger partial charge < -0.3 is 23.0 Å².